The molecule has 0 amide bonds. The zero-order valence-electron chi connectivity index (χ0n) is 28.8. The van der Waals surface area contributed by atoms with E-state index in [9.17, 15) is 4.79 Å². The van der Waals surface area contributed by atoms with Gasteiger partial charge in [0.05, 0.1) is 17.4 Å². The summed E-state index contributed by atoms with van der Waals surface area (Å²) in [6, 6.07) is 17.1. The van der Waals surface area contributed by atoms with Crippen molar-refractivity contribution in [1.29, 1.82) is 0 Å². The summed E-state index contributed by atoms with van der Waals surface area (Å²) in [5.74, 6) is 0.584. The Labute approximate surface area is 270 Å². The Morgan fingerprint density at radius 1 is 1.04 bits per heavy atom. The number of carbonyl (C=O) groups excluding carboxylic acids is 1. The average molecular weight is 613 g/mol. The van der Waals surface area contributed by atoms with Crippen LogP contribution in [0.1, 0.15) is 102 Å². The summed E-state index contributed by atoms with van der Waals surface area (Å²) in [6.45, 7) is 20.3. The molecule has 5 rings (SSSR count). The van der Waals surface area contributed by atoms with Crippen LogP contribution in [-0.2, 0) is 27.1 Å². The van der Waals surface area contributed by atoms with E-state index < -0.39 is 11.7 Å². The third-order valence-corrected chi connectivity index (χ3v) is 9.00. The van der Waals surface area contributed by atoms with Crippen LogP contribution in [0.3, 0.4) is 0 Å². The Bertz CT molecular complexity index is 1500. The van der Waals surface area contributed by atoms with Crippen LogP contribution in [0.4, 0.5) is 5.69 Å². The van der Waals surface area contributed by atoms with E-state index in [1.54, 1.807) is 0 Å². The summed E-state index contributed by atoms with van der Waals surface area (Å²) in [5.41, 5.74) is 7.97. The van der Waals surface area contributed by atoms with Crippen LogP contribution in [0.25, 0.3) is 11.1 Å². The average Bonchev–Trinajstić information content (AvgIpc) is 2.95. The molecule has 45 heavy (non-hydrogen) atoms. The molecule has 3 heterocycles. The molecule has 6 heteroatoms. The number of aryl methyl sites for hydroxylation is 3. The third-order valence-electron chi connectivity index (χ3n) is 9.00. The number of anilines is 1. The van der Waals surface area contributed by atoms with Gasteiger partial charge in [0, 0.05) is 42.0 Å². The first-order valence-corrected chi connectivity index (χ1v) is 16.7. The van der Waals surface area contributed by atoms with Gasteiger partial charge in [-0.05, 0) is 108 Å². The largest absolute Gasteiger partial charge is 0.490 e. The topological polar surface area (TPSA) is 60.9 Å². The standard InChI is InChI=1S/C39H52N2O4/c1-25(2)43-37(42)36(45-38(5,6)7)34-27(4)40-26(3)33(35(34)41-21-19-39(8,9)20-22-41)30-16-18-32-29(24-30)15-17-31(44-32)23-28-13-11-10-12-14-28/h10-14,16,18,24-25,31,36H,15,17,19-23H2,1-9H3/t31-,36-/m0/s1. The van der Waals surface area contributed by atoms with Crippen molar-refractivity contribution in [3.8, 4) is 16.9 Å². The Morgan fingerprint density at radius 3 is 2.38 bits per heavy atom. The van der Waals surface area contributed by atoms with Crippen LogP contribution < -0.4 is 9.64 Å². The molecule has 0 N–H and O–H groups in total. The zero-order chi connectivity index (χ0) is 32.5. The minimum absolute atomic E-state index is 0.162. The first-order chi connectivity index (χ1) is 21.2. The Balaban J connectivity index is 1.60. The van der Waals surface area contributed by atoms with Gasteiger partial charge in [-0.15, -0.1) is 0 Å². The maximum absolute atomic E-state index is 13.8. The number of ether oxygens (including phenoxy) is 3. The van der Waals surface area contributed by atoms with E-state index in [0.717, 1.165) is 84.7 Å². The zero-order valence-corrected chi connectivity index (χ0v) is 28.8. The SMILES string of the molecule is Cc1nc(C)c([C@H](OC(C)(C)C)C(=O)OC(C)C)c(N2CCC(C)(C)CC2)c1-c1ccc2c(c1)CC[C@@H](Cc1ccccc1)O2. The molecule has 1 fully saturated rings. The number of pyridine rings is 1. The van der Waals surface area contributed by atoms with Crippen molar-refractivity contribution in [2.45, 2.75) is 118 Å². The molecule has 0 saturated carbocycles. The molecule has 0 bridgehead atoms. The van der Waals surface area contributed by atoms with E-state index >= 15 is 0 Å². The number of fused-ring (bicyclic) bond motifs is 1. The highest BCUT2D eigenvalue weighted by Gasteiger charge is 2.38. The van der Waals surface area contributed by atoms with E-state index in [-0.39, 0.29) is 23.6 Å². The predicted octanol–water partition coefficient (Wildman–Crippen LogP) is 8.74. The molecule has 2 aliphatic rings. The van der Waals surface area contributed by atoms with E-state index in [4.69, 9.17) is 19.2 Å². The summed E-state index contributed by atoms with van der Waals surface area (Å²) in [7, 11) is 0. The molecule has 2 aromatic carbocycles. The number of aromatic nitrogens is 1. The van der Waals surface area contributed by atoms with Crippen LogP contribution in [0.5, 0.6) is 5.75 Å². The molecule has 0 aliphatic carbocycles. The van der Waals surface area contributed by atoms with Crippen molar-refractivity contribution in [2.24, 2.45) is 5.41 Å². The molecule has 6 nitrogen and oxygen atoms in total. The summed E-state index contributed by atoms with van der Waals surface area (Å²) in [5, 5.41) is 0. The second-order valence-electron chi connectivity index (χ2n) is 15.0. The van der Waals surface area contributed by atoms with Crippen molar-refractivity contribution in [3.05, 3.63) is 76.6 Å². The summed E-state index contributed by atoms with van der Waals surface area (Å²) < 4.78 is 18.9. The fraction of sp³-hybridized carbons (Fsp3) is 0.538. The number of carbonyl (C=O) groups is 1. The molecule has 0 spiro atoms. The van der Waals surface area contributed by atoms with Crippen LogP contribution in [0.15, 0.2) is 48.5 Å². The number of benzene rings is 2. The number of hydrogen-bond acceptors (Lipinski definition) is 6. The van der Waals surface area contributed by atoms with Crippen LogP contribution in [0.2, 0.25) is 0 Å². The highest BCUT2D eigenvalue weighted by molar-refractivity contribution is 5.89. The van der Waals surface area contributed by atoms with Gasteiger partial charge >= 0.3 is 5.97 Å². The lowest BCUT2D eigenvalue weighted by Gasteiger charge is -2.41. The normalized spacial score (nSPS) is 18.7. The van der Waals surface area contributed by atoms with Crippen LogP contribution >= 0.6 is 0 Å². The lowest BCUT2D eigenvalue weighted by atomic mass is 9.81. The third kappa shape index (κ3) is 7.89. The quantitative estimate of drug-likeness (QED) is 0.237. The molecular weight excluding hydrogens is 560 g/mol. The fourth-order valence-corrected chi connectivity index (χ4v) is 6.66. The van der Waals surface area contributed by atoms with E-state index in [0.29, 0.717) is 0 Å². The first kappa shape index (κ1) is 33.0. The van der Waals surface area contributed by atoms with E-state index in [2.05, 4.69) is 74.2 Å². The number of esters is 1. The van der Waals surface area contributed by atoms with Crippen molar-refractivity contribution in [2.75, 3.05) is 18.0 Å². The van der Waals surface area contributed by atoms with Crippen molar-refractivity contribution in [3.63, 3.8) is 0 Å². The van der Waals surface area contributed by atoms with E-state index in [1.165, 1.54) is 11.1 Å². The number of hydrogen-bond donors (Lipinski definition) is 0. The van der Waals surface area contributed by atoms with Gasteiger partial charge in [0.25, 0.3) is 0 Å². The molecular formula is C39H52N2O4. The highest BCUT2D eigenvalue weighted by Crippen LogP contribution is 2.46. The summed E-state index contributed by atoms with van der Waals surface area (Å²) >= 11 is 0. The molecule has 242 valence electrons. The first-order valence-electron chi connectivity index (χ1n) is 16.7. The maximum Gasteiger partial charge on any atom is 0.340 e. The summed E-state index contributed by atoms with van der Waals surface area (Å²) in [6.07, 6.45) is 3.96. The molecule has 2 aliphatic heterocycles. The van der Waals surface area contributed by atoms with Gasteiger partial charge in [0.1, 0.15) is 11.9 Å². The van der Waals surface area contributed by atoms with Crippen LogP contribution in [-0.4, -0.2) is 41.9 Å². The second-order valence-corrected chi connectivity index (χ2v) is 15.0. The van der Waals surface area contributed by atoms with Crippen molar-refractivity contribution < 1.29 is 19.0 Å². The molecule has 0 unspecified atom stereocenters. The lowest BCUT2D eigenvalue weighted by molar-refractivity contribution is -0.171. The van der Waals surface area contributed by atoms with Crippen molar-refractivity contribution in [1.82, 2.24) is 4.98 Å². The maximum atomic E-state index is 13.8. The Kier molecular flexibility index (Phi) is 9.65. The predicted molar refractivity (Wildman–Crippen MR) is 182 cm³/mol. The molecule has 2 atom stereocenters. The summed E-state index contributed by atoms with van der Waals surface area (Å²) in [4.78, 5) is 21.3. The molecule has 3 aromatic rings. The lowest BCUT2D eigenvalue weighted by Crippen LogP contribution is -2.39. The van der Waals surface area contributed by atoms with Gasteiger partial charge in [0.2, 0.25) is 0 Å². The minimum atomic E-state index is -0.899. The van der Waals surface area contributed by atoms with Crippen molar-refractivity contribution >= 4 is 11.7 Å². The smallest absolute Gasteiger partial charge is 0.340 e. The second kappa shape index (κ2) is 13.2. The minimum Gasteiger partial charge on any atom is -0.490 e. The van der Waals surface area contributed by atoms with E-state index in [1.807, 2.05) is 41.5 Å². The fourth-order valence-electron chi connectivity index (χ4n) is 6.66. The van der Waals surface area contributed by atoms with Crippen LogP contribution in [0, 0.1) is 19.3 Å². The number of nitrogens with zero attached hydrogens (tertiary/aromatic N) is 2. The monoisotopic (exact) mass is 612 g/mol. The number of piperidine rings is 1. The molecule has 0 radical (unpaired) electrons. The highest BCUT2D eigenvalue weighted by atomic mass is 16.6. The van der Waals surface area contributed by atoms with Gasteiger partial charge in [0.15, 0.2) is 6.10 Å². The Morgan fingerprint density at radius 2 is 1.73 bits per heavy atom. The van der Waals surface area contributed by atoms with Gasteiger partial charge in [-0.2, -0.15) is 0 Å². The van der Waals surface area contributed by atoms with Gasteiger partial charge in [-0.25, -0.2) is 4.79 Å². The Hall–Kier alpha value is -3.38. The molecule has 1 aromatic heterocycles. The number of rotatable bonds is 8. The van der Waals surface area contributed by atoms with Gasteiger partial charge < -0.3 is 19.1 Å². The van der Waals surface area contributed by atoms with Gasteiger partial charge in [-0.3, -0.25) is 4.98 Å². The van der Waals surface area contributed by atoms with Gasteiger partial charge in [-0.1, -0.05) is 50.2 Å². The molecule has 1 saturated heterocycles.